The van der Waals surface area contributed by atoms with Gasteiger partial charge >= 0.3 is 0 Å². The lowest BCUT2D eigenvalue weighted by Crippen LogP contribution is -2.15. The zero-order valence-corrected chi connectivity index (χ0v) is 11.4. The van der Waals surface area contributed by atoms with Crippen LogP contribution in [0.15, 0.2) is 33.4 Å². The highest BCUT2D eigenvalue weighted by Gasteiger charge is 2.19. The first-order valence-corrected chi connectivity index (χ1v) is 6.28. The molecule has 1 aromatic carbocycles. The van der Waals surface area contributed by atoms with Gasteiger partial charge in [0.1, 0.15) is 11.6 Å². The fraction of sp³-hybridized carbons (Fsp3) is 0.167. The van der Waals surface area contributed by atoms with Gasteiger partial charge in [-0.25, -0.2) is 8.78 Å². The van der Waals surface area contributed by atoms with Crippen LogP contribution < -0.4 is 5.73 Å². The van der Waals surface area contributed by atoms with Crippen molar-refractivity contribution >= 4 is 27.5 Å². The van der Waals surface area contributed by atoms with Crippen molar-refractivity contribution in [3.63, 3.8) is 0 Å². The monoisotopic (exact) mass is 335 g/mol. The van der Waals surface area contributed by atoms with E-state index in [2.05, 4.69) is 15.9 Å². The molecule has 1 aromatic heterocycles. The number of rotatable bonds is 3. The largest absolute Gasteiger partial charge is 0.453 e. The van der Waals surface area contributed by atoms with E-state index in [1.807, 2.05) is 0 Å². The van der Waals surface area contributed by atoms with Gasteiger partial charge in [-0.1, -0.05) is 0 Å². The third-order valence-corrected chi connectivity index (χ3v) is 3.53. The Hall–Kier alpha value is -0.910. The van der Waals surface area contributed by atoms with Crippen LogP contribution in [0.5, 0.6) is 0 Å². The van der Waals surface area contributed by atoms with E-state index in [9.17, 15) is 8.78 Å². The lowest BCUT2D eigenvalue weighted by atomic mass is 10.0. The van der Waals surface area contributed by atoms with Crippen LogP contribution in [-0.4, -0.2) is 0 Å². The second-order valence-electron chi connectivity index (χ2n) is 3.78. The molecule has 0 fully saturated rings. The maximum absolute atomic E-state index is 13.8. The van der Waals surface area contributed by atoms with E-state index in [1.165, 1.54) is 18.4 Å². The molecule has 0 spiro atoms. The van der Waals surface area contributed by atoms with Crippen molar-refractivity contribution in [3.8, 4) is 0 Å². The summed E-state index contributed by atoms with van der Waals surface area (Å²) in [5.41, 5.74) is 6.32. The number of hydrogen-bond donors (Lipinski definition) is 1. The average Bonchev–Trinajstić information content (AvgIpc) is 2.76. The maximum atomic E-state index is 13.8. The zero-order valence-electron chi connectivity index (χ0n) is 9.09. The fourth-order valence-electron chi connectivity index (χ4n) is 1.66. The van der Waals surface area contributed by atoms with Gasteiger partial charge in [0.05, 0.1) is 10.7 Å². The minimum absolute atomic E-state index is 0.00361. The fourth-order valence-corrected chi connectivity index (χ4v) is 2.28. The Morgan fingerprint density at radius 2 is 2.06 bits per heavy atom. The normalized spacial score (nSPS) is 12.7. The highest BCUT2D eigenvalue weighted by atomic mass is 79.9. The highest BCUT2D eigenvalue weighted by Crippen LogP contribution is 2.28. The Morgan fingerprint density at radius 3 is 2.67 bits per heavy atom. The lowest BCUT2D eigenvalue weighted by Gasteiger charge is -2.12. The molecule has 0 saturated heterocycles. The Labute approximate surface area is 116 Å². The molecular formula is C12H9BrClF2NO. The van der Waals surface area contributed by atoms with Crippen LogP contribution in [0.25, 0.3) is 0 Å². The Kier molecular flexibility index (Phi) is 4.04. The lowest BCUT2D eigenvalue weighted by molar-refractivity contribution is 0.530. The van der Waals surface area contributed by atoms with E-state index >= 15 is 0 Å². The maximum Gasteiger partial charge on any atom is 0.197 e. The van der Waals surface area contributed by atoms with Crippen LogP contribution in [0.4, 0.5) is 8.78 Å². The summed E-state index contributed by atoms with van der Waals surface area (Å²) in [6.07, 6.45) is 1.38. The van der Waals surface area contributed by atoms with E-state index in [0.29, 0.717) is 5.56 Å². The summed E-state index contributed by atoms with van der Waals surface area (Å²) in [6, 6.07) is 3.45. The van der Waals surface area contributed by atoms with Crippen LogP contribution in [-0.2, 0) is 6.42 Å². The van der Waals surface area contributed by atoms with Crippen LogP contribution in [0, 0.1) is 11.6 Å². The number of benzene rings is 1. The summed E-state index contributed by atoms with van der Waals surface area (Å²) in [5.74, 6) is -1.28. The number of furan rings is 1. The summed E-state index contributed by atoms with van der Waals surface area (Å²) < 4.78 is 32.4. The molecule has 0 radical (unpaired) electrons. The predicted octanol–water partition coefficient (Wildman–Crippen LogP) is 4.22. The molecule has 2 N–H and O–H groups in total. The molecule has 96 valence electrons. The van der Waals surface area contributed by atoms with Crippen molar-refractivity contribution in [1.29, 1.82) is 0 Å². The standard InChI is InChI=1S/C12H9BrClF2NO/c13-8-1-2-9(15)7(11(8)16)5-10(17)6-3-4-18-12(6)14/h1-4,10H,5,17H2. The third-order valence-electron chi connectivity index (χ3n) is 2.61. The zero-order chi connectivity index (χ0) is 13.3. The van der Waals surface area contributed by atoms with Crippen molar-refractivity contribution in [2.24, 2.45) is 5.73 Å². The van der Waals surface area contributed by atoms with Gasteiger partial charge in [0.15, 0.2) is 5.22 Å². The van der Waals surface area contributed by atoms with E-state index < -0.39 is 17.7 Å². The second-order valence-corrected chi connectivity index (χ2v) is 4.98. The molecule has 0 aliphatic heterocycles. The van der Waals surface area contributed by atoms with Crippen molar-refractivity contribution < 1.29 is 13.2 Å². The summed E-state index contributed by atoms with van der Waals surface area (Å²) in [5, 5.41) is 0.137. The van der Waals surface area contributed by atoms with E-state index in [1.54, 1.807) is 6.07 Å². The van der Waals surface area contributed by atoms with E-state index in [-0.39, 0.29) is 21.7 Å². The Morgan fingerprint density at radius 1 is 1.33 bits per heavy atom. The Balaban J connectivity index is 2.30. The molecule has 1 heterocycles. The van der Waals surface area contributed by atoms with Crippen molar-refractivity contribution in [3.05, 3.63) is 56.9 Å². The van der Waals surface area contributed by atoms with Gasteiger partial charge in [-0.15, -0.1) is 0 Å². The number of hydrogen-bond acceptors (Lipinski definition) is 2. The SMILES string of the molecule is NC(Cc1c(F)ccc(Br)c1F)c1ccoc1Cl. The first kappa shape index (κ1) is 13.5. The number of nitrogens with two attached hydrogens (primary N) is 1. The van der Waals surface area contributed by atoms with E-state index in [0.717, 1.165) is 0 Å². The predicted molar refractivity (Wildman–Crippen MR) is 68.4 cm³/mol. The minimum Gasteiger partial charge on any atom is -0.453 e. The molecule has 0 bridgehead atoms. The summed E-state index contributed by atoms with van der Waals surface area (Å²) >= 11 is 8.77. The molecule has 2 aromatic rings. The van der Waals surface area contributed by atoms with Crippen molar-refractivity contribution in [1.82, 2.24) is 0 Å². The molecule has 6 heteroatoms. The van der Waals surface area contributed by atoms with Crippen LogP contribution in [0.2, 0.25) is 5.22 Å². The molecule has 0 aliphatic carbocycles. The first-order chi connectivity index (χ1) is 8.50. The second kappa shape index (κ2) is 5.38. The summed E-state index contributed by atoms with van der Waals surface area (Å²) in [7, 11) is 0. The molecule has 0 aliphatic rings. The smallest absolute Gasteiger partial charge is 0.197 e. The number of halogens is 4. The molecule has 0 saturated carbocycles. The Bertz CT molecular complexity index is 573. The van der Waals surface area contributed by atoms with Crippen molar-refractivity contribution in [2.75, 3.05) is 0 Å². The van der Waals surface area contributed by atoms with Crippen LogP contribution in [0.3, 0.4) is 0 Å². The first-order valence-electron chi connectivity index (χ1n) is 5.11. The van der Waals surface area contributed by atoms with Gasteiger partial charge in [-0.3, -0.25) is 0 Å². The van der Waals surface area contributed by atoms with Crippen molar-refractivity contribution in [2.45, 2.75) is 12.5 Å². The summed E-state index contributed by atoms with van der Waals surface area (Å²) in [6.45, 7) is 0. The van der Waals surface area contributed by atoms with Crippen LogP contribution in [0.1, 0.15) is 17.2 Å². The molecule has 0 amide bonds. The van der Waals surface area contributed by atoms with Gasteiger partial charge in [-0.2, -0.15) is 0 Å². The molecule has 1 unspecified atom stereocenters. The quantitative estimate of drug-likeness (QED) is 0.853. The van der Waals surface area contributed by atoms with Gasteiger partial charge < -0.3 is 10.2 Å². The van der Waals surface area contributed by atoms with Gasteiger partial charge in [0.25, 0.3) is 0 Å². The topological polar surface area (TPSA) is 39.2 Å². The minimum atomic E-state index is -0.648. The molecular weight excluding hydrogens is 327 g/mol. The molecule has 1 atom stereocenters. The summed E-state index contributed by atoms with van der Waals surface area (Å²) in [4.78, 5) is 0. The van der Waals surface area contributed by atoms with Gasteiger partial charge in [0.2, 0.25) is 0 Å². The van der Waals surface area contributed by atoms with E-state index in [4.69, 9.17) is 21.8 Å². The van der Waals surface area contributed by atoms with Gasteiger partial charge in [-0.05, 0) is 52.2 Å². The molecule has 18 heavy (non-hydrogen) atoms. The molecule has 2 nitrogen and oxygen atoms in total. The van der Waals surface area contributed by atoms with Crippen LogP contribution >= 0.6 is 27.5 Å². The average molecular weight is 337 g/mol. The molecule has 2 rings (SSSR count). The van der Waals surface area contributed by atoms with Gasteiger partial charge in [0, 0.05) is 17.2 Å². The highest BCUT2D eigenvalue weighted by molar-refractivity contribution is 9.10. The third kappa shape index (κ3) is 2.58.